The zero-order valence-corrected chi connectivity index (χ0v) is 11.5. The number of sulfone groups is 1. The lowest BCUT2D eigenvalue weighted by atomic mass is 10.2. The molecule has 2 rings (SSSR count). The first kappa shape index (κ1) is 13.5. The largest absolute Gasteiger partial charge is 0.299 e. The molecular weight excluding hydrogens is 252 g/mol. The van der Waals surface area contributed by atoms with Crippen LogP contribution in [0.25, 0.3) is 0 Å². The minimum atomic E-state index is -2.84. The zero-order valence-electron chi connectivity index (χ0n) is 10.7. The van der Waals surface area contributed by atoms with Gasteiger partial charge >= 0.3 is 0 Å². The molecule has 0 aromatic carbocycles. The van der Waals surface area contributed by atoms with Crippen molar-refractivity contribution < 1.29 is 8.42 Å². The van der Waals surface area contributed by atoms with E-state index in [-0.39, 0.29) is 5.75 Å². The number of rotatable bonds is 6. The van der Waals surface area contributed by atoms with E-state index in [9.17, 15) is 8.42 Å². The lowest BCUT2D eigenvalue weighted by Gasteiger charge is -2.23. The fourth-order valence-corrected chi connectivity index (χ4v) is 3.12. The molecule has 6 nitrogen and oxygen atoms in total. The average molecular weight is 272 g/mol. The second kappa shape index (κ2) is 5.79. The highest BCUT2D eigenvalue weighted by molar-refractivity contribution is 7.90. The summed E-state index contributed by atoms with van der Waals surface area (Å²) in [5.41, 5.74) is 0. The lowest BCUT2D eigenvalue weighted by molar-refractivity contribution is 0.228. The van der Waals surface area contributed by atoms with E-state index in [1.807, 2.05) is 4.68 Å². The molecule has 2 heterocycles. The standard InChI is InChI=1S/C11H20N4O2S/c1-18(16,17)7-3-6-14-5-2-4-11(14)8-15-10-12-9-13-15/h9-11H,2-8H2,1H3. The third-order valence-corrected chi connectivity index (χ3v) is 4.35. The predicted octanol–water partition coefficient (Wildman–Crippen LogP) is 0.177. The third kappa shape index (κ3) is 4.06. The van der Waals surface area contributed by atoms with Crippen LogP contribution in [0.3, 0.4) is 0 Å². The van der Waals surface area contributed by atoms with Crippen molar-refractivity contribution >= 4 is 9.84 Å². The highest BCUT2D eigenvalue weighted by Crippen LogP contribution is 2.18. The predicted molar refractivity (Wildman–Crippen MR) is 68.9 cm³/mol. The molecule has 0 bridgehead atoms. The Kier molecular flexibility index (Phi) is 4.34. The summed E-state index contributed by atoms with van der Waals surface area (Å²) >= 11 is 0. The molecule has 1 aromatic rings. The molecule has 0 N–H and O–H groups in total. The van der Waals surface area contributed by atoms with Crippen molar-refractivity contribution in [2.45, 2.75) is 31.8 Å². The maximum atomic E-state index is 11.1. The zero-order chi connectivity index (χ0) is 13.0. The van der Waals surface area contributed by atoms with E-state index in [0.29, 0.717) is 12.5 Å². The van der Waals surface area contributed by atoms with Gasteiger partial charge in [0.05, 0.1) is 12.3 Å². The molecule has 0 amide bonds. The van der Waals surface area contributed by atoms with Gasteiger partial charge in [0.2, 0.25) is 0 Å². The fraction of sp³-hybridized carbons (Fsp3) is 0.818. The Morgan fingerprint density at radius 1 is 1.44 bits per heavy atom. The van der Waals surface area contributed by atoms with Gasteiger partial charge in [0.1, 0.15) is 22.5 Å². The van der Waals surface area contributed by atoms with Gasteiger partial charge in [-0.3, -0.25) is 9.58 Å². The maximum absolute atomic E-state index is 11.1. The van der Waals surface area contributed by atoms with Gasteiger partial charge in [-0.1, -0.05) is 0 Å². The Bertz CT molecular complexity index is 457. The smallest absolute Gasteiger partial charge is 0.147 e. The quantitative estimate of drug-likeness (QED) is 0.739. The van der Waals surface area contributed by atoms with Crippen LogP contribution in [0.5, 0.6) is 0 Å². The molecule has 0 radical (unpaired) electrons. The number of aromatic nitrogens is 3. The summed E-state index contributed by atoms with van der Waals surface area (Å²) in [6, 6.07) is 0.464. The van der Waals surface area contributed by atoms with Gasteiger partial charge in [0.25, 0.3) is 0 Å². The summed E-state index contributed by atoms with van der Waals surface area (Å²) in [7, 11) is -2.84. The SMILES string of the molecule is CS(=O)(=O)CCCN1CCCC1Cn1cncn1. The van der Waals surface area contributed by atoms with Crippen molar-refractivity contribution in [2.24, 2.45) is 0 Å². The highest BCUT2D eigenvalue weighted by Gasteiger charge is 2.24. The first-order chi connectivity index (χ1) is 8.54. The van der Waals surface area contributed by atoms with Crippen LogP contribution in [0.15, 0.2) is 12.7 Å². The topological polar surface area (TPSA) is 68.1 Å². The number of hydrogen-bond donors (Lipinski definition) is 0. The third-order valence-electron chi connectivity index (χ3n) is 3.32. The summed E-state index contributed by atoms with van der Waals surface area (Å²) in [5, 5.41) is 4.12. The van der Waals surface area contributed by atoms with E-state index >= 15 is 0 Å². The van der Waals surface area contributed by atoms with Crippen LogP contribution in [0.1, 0.15) is 19.3 Å². The van der Waals surface area contributed by atoms with E-state index < -0.39 is 9.84 Å². The molecule has 1 saturated heterocycles. The lowest BCUT2D eigenvalue weighted by Crippen LogP contribution is -2.34. The van der Waals surface area contributed by atoms with Crippen LogP contribution in [0, 0.1) is 0 Å². The highest BCUT2D eigenvalue weighted by atomic mass is 32.2. The van der Waals surface area contributed by atoms with Crippen molar-refractivity contribution in [3.63, 3.8) is 0 Å². The number of hydrogen-bond acceptors (Lipinski definition) is 5. The van der Waals surface area contributed by atoms with Crippen molar-refractivity contribution in [2.75, 3.05) is 25.1 Å². The molecule has 7 heteroatoms. The van der Waals surface area contributed by atoms with E-state index in [0.717, 1.165) is 26.1 Å². The molecule has 1 unspecified atom stereocenters. The second-order valence-electron chi connectivity index (χ2n) is 4.93. The van der Waals surface area contributed by atoms with Crippen molar-refractivity contribution in [3.8, 4) is 0 Å². The van der Waals surface area contributed by atoms with Crippen LogP contribution in [0.4, 0.5) is 0 Å². The summed E-state index contributed by atoms with van der Waals surface area (Å²) in [6.45, 7) is 2.76. The van der Waals surface area contributed by atoms with Gasteiger partial charge in [0, 0.05) is 12.3 Å². The Hall–Kier alpha value is -0.950. The first-order valence-corrected chi connectivity index (χ1v) is 8.35. The summed E-state index contributed by atoms with van der Waals surface area (Å²) < 4.78 is 24.1. The number of nitrogens with zero attached hydrogens (tertiary/aromatic N) is 4. The molecule has 0 aliphatic carbocycles. The molecule has 1 aliphatic rings. The van der Waals surface area contributed by atoms with Gasteiger partial charge in [-0.2, -0.15) is 5.10 Å². The van der Waals surface area contributed by atoms with Crippen LogP contribution in [0.2, 0.25) is 0 Å². The molecule has 1 fully saturated rings. The van der Waals surface area contributed by atoms with Crippen LogP contribution < -0.4 is 0 Å². The maximum Gasteiger partial charge on any atom is 0.147 e. The molecule has 1 aliphatic heterocycles. The van der Waals surface area contributed by atoms with Crippen molar-refractivity contribution in [3.05, 3.63) is 12.7 Å². The molecule has 18 heavy (non-hydrogen) atoms. The van der Waals surface area contributed by atoms with E-state index in [2.05, 4.69) is 15.0 Å². The molecule has 0 spiro atoms. The Labute approximate surface area is 108 Å². The van der Waals surface area contributed by atoms with Gasteiger partial charge in [0.15, 0.2) is 0 Å². The van der Waals surface area contributed by atoms with Crippen molar-refractivity contribution in [1.82, 2.24) is 19.7 Å². The average Bonchev–Trinajstić information content (AvgIpc) is 2.90. The van der Waals surface area contributed by atoms with Gasteiger partial charge in [-0.15, -0.1) is 0 Å². The molecular formula is C11H20N4O2S. The molecule has 1 atom stereocenters. The minimum Gasteiger partial charge on any atom is -0.299 e. The van der Waals surface area contributed by atoms with E-state index in [1.165, 1.54) is 12.7 Å². The first-order valence-electron chi connectivity index (χ1n) is 6.29. The summed E-state index contributed by atoms with van der Waals surface area (Å²) in [6.07, 6.45) is 7.61. The second-order valence-corrected chi connectivity index (χ2v) is 7.19. The number of likely N-dealkylation sites (tertiary alicyclic amines) is 1. The van der Waals surface area contributed by atoms with E-state index in [1.54, 1.807) is 12.7 Å². The normalized spacial score (nSPS) is 21.5. The Balaban J connectivity index is 1.80. The summed E-state index contributed by atoms with van der Waals surface area (Å²) in [4.78, 5) is 6.31. The van der Waals surface area contributed by atoms with Crippen LogP contribution in [-0.4, -0.2) is 59.2 Å². The van der Waals surface area contributed by atoms with Crippen LogP contribution >= 0.6 is 0 Å². The monoisotopic (exact) mass is 272 g/mol. The van der Waals surface area contributed by atoms with Crippen LogP contribution in [-0.2, 0) is 16.4 Å². The molecule has 1 aromatic heterocycles. The van der Waals surface area contributed by atoms with Gasteiger partial charge in [-0.25, -0.2) is 13.4 Å². The van der Waals surface area contributed by atoms with E-state index in [4.69, 9.17) is 0 Å². The fourth-order valence-electron chi connectivity index (χ4n) is 2.47. The molecule has 0 saturated carbocycles. The Morgan fingerprint density at radius 2 is 2.28 bits per heavy atom. The Morgan fingerprint density at radius 3 is 2.94 bits per heavy atom. The minimum absolute atomic E-state index is 0.277. The van der Waals surface area contributed by atoms with Crippen molar-refractivity contribution in [1.29, 1.82) is 0 Å². The van der Waals surface area contributed by atoms with Gasteiger partial charge < -0.3 is 0 Å². The molecule has 102 valence electrons. The van der Waals surface area contributed by atoms with Gasteiger partial charge in [-0.05, 0) is 32.4 Å². The summed E-state index contributed by atoms with van der Waals surface area (Å²) in [5.74, 6) is 0.277.